The van der Waals surface area contributed by atoms with Crippen LogP contribution in [0.5, 0.6) is 0 Å². The topological polar surface area (TPSA) is 78.5 Å². The molecule has 0 unspecified atom stereocenters. The number of benzene rings is 2. The van der Waals surface area contributed by atoms with Crippen LogP contribution in [0.1, 0.15) is 25.0 Å². The van der Waals surface area contributed by atoms with Crippen molar-refractivity contribution in [1.29, 1.82) is 0 Å². The van der Waals surface area contributed by atoms with Crippen LogP contribution in [-0.2, 0) is 26.5 Å². The Hall–Kier alpha value is -2.77. The maximum Gasteiger partial charge on any atom is 0.250 e. The molecule has 3 aliphatic rings. The molecule has 2 N–H and O–H groups in total. The summed E-state index contributed by atoms with van der Waals surface area (Å²) in [6.07, 6.45) is 0. The smallest absolute Gasteiger partial charge is 0.250 e. The van der Waals surface area contributed by atoms with Crippen molar-refractivity contribution in [1.82, 2.24) is 10.2 Å². The van der Waals surface area contributed by atoms with Gasteiger partial charge in [0.05, 0.1) is 18.4 Å². The van der Waals surface area contributed by atoms with Crippen molar-refractivity contribution in [2.75, 3.05) is 5.32 Å². The van der Waals surface area contributed by atoms with Crippen LogP contribution in [0.3, 0.4) is 0 Å². The lowest BCUT2D eigenvalue weighted by Gasteiger charge is -2.30. The van der Waals surface area contributed by atoms with Crippen molar-refractivity contribution in [2.45, 2.75) is 32.0 Å². The Bertz CT molecular complexity index is 1120. The van der Waals surface area contributed by atoms with Gasteiger partial charge in [0.15, 0.2) is 0 Å². The number of likely N-dealkylation sites (tertiary alicyclic amines) is 1. The van der Waals surface area contributed by atoms with Crippen molar-refractivity contribution in [3.05, 3.63) is 64.4 Å². The molecule has 5 rings (SSSR count). The van der Waals surface area contributed by atoms with Crippen LogP contribution in [0, 0.1) is 23.6 Å². The average Bonchev–Trinajstić information content (AvgIpc) is 3.31. The highest BCUT2D eigenvalue weighted by atomic mass is 35.5. The molecule has 0 aliphatic carbocycles. The first kappa shape index (κ1) is 20.2. The second-order valence-corrected chi connectivity index (χ2v) is 9.20. The third-order valence-electron chi connectivity index (χ3n) is 6.68. The van der Waals surface area contributed by atoms with Crippen molar-refractivity contribution in [2.24, 2.45) is 17.8 Å². The van der Waals surface area contributed by atoms with Crippen molar-refractivity contribution in [3.8, 4) is 0 Å². The first-order valence-electron chi connectivity index (χ1n) is 10.2. The van der Waals surface area contributed by atoms with Crippen molar-refractivity contribution >= 4 is 35.0 Å². The molecule has 0 aromatic heterocycles. The molecule has 4 atom stereocenters. The van der Waals surface area contributed by atoms with E-state index in [0.29, 0.717) is 21.8 Å². The van der Waals surface area contributed by atoms with Gasteiger partial charge in [-0.25, -0.2) is 4.39 Å². The summed E-state index contributed by atoms with van der Waals surface area (Å²) in [5, 5.41) is 6.66. The third-order valence-corrected chi connectivity index (χ3v) is 6.91. The molecule has 31 heavy (non-hydrogen) atoms. The van der Waals surface area contributed by atoms with E-state index < -0.39 is 23.3 Å². The maximum atomic E-state index is 13.6. The predicted molar refractivity (Wildman–Crippen MR) is 112 cm³/mol. The van der Waals surface area contributed by atoms with Crippen LogP contribution in [0.15, 0.2) is 42.5 Å². The molecular formula is C23H21ClFN3O3. The second-order valence-electron chi connectivity index (χ2n) is 8.76. The van der Waals surface area contributed by atoms with Gasteiger partial charge in [-0.05, 0) is 41.8 Å². The zero-order valence-corrected chi connectivity index (χ0v) is 17.7. The Balaban J connectivity index is 1.61. The predicted octanol–water partition coefficient (Wildman–Crippen LogP) is 3.06. The molecule has 6 nitrogen and oxygen atoms in total. The number of amides is 3. The fourth-order valence-electron chi connectivity index (χ4n) is 5.27. The number of imide groups is 1. The monoisotopic (exact) mass is 441 g/mol. The molecule has 2 aromatic carbocycles. The minimum absolute atomic E-state index is 0.00503. The zero-order chi connectivity index (χ0) is 22.1. The number of nitrogens with zero attached hydrogens (tertiary/aromatic N) is 1. The number of nitrogens with one attached hydrogen (secondary N) is 2. The van der Waals surface area contributed by atoms with Gasteiger partial charge < -0.3 is 5.32 Å². The van der Waals surface area contributed by atoms with Crippen LogP contribution in [-0.4, -0.2) is 28.7 Å². The van der Waals surface area contributed by atoms with Gasteiger partial charge in [0, 0.05) is 22.3 Å². The van der Waals surface area contributed by atoms with E-state index in [0.717, 1.165) is 0 Å². The normalized spacial score (nSPS) is 29.1. The van der Waals surface area contributed by atoms with Gasteiger partial charge in [0.1, 0.15) is 11.4 Å². The van der Waals surface area contributed by atoms with Crippen LogP contribution in [0.25, 0.3) is 0 Å². The summed E-state index contributed by atoms with van der Waals surface area (Å²) in [5.74, 6) is -3.02. The number of hydrogen-bond acceptors (Lipinski definition) is 4. The molecule has 8 heteroatoms. The van der Waals surface area contributed by atoms with Crippen LogP contribution in [0.2, 0.25) is 5.02 Å². The Morgan fingerprint density at radius 2 is 1.81 bits per heavy atom. The number of anilines is 1. The highest BCUT2D eigenvalue weighted by molar-refractivity contribution is 6.31. The summed E-state index contributed by atoms with van der Waals surface area (Å²) in [4.78, 5) is 41.6. The largest absolute Gasteiger partial charge is 0.324 e. The van der Waals surface area contributed by atoms with Crippen LogP contribution in [0.4, 0.5) is 10.1 Å². The highest BCUT2D eigenvalue weighted by Gasteiger charge is 2.70. The SMILES string of the molecule is CC(C)[C@H]1N[C@@]2(C(=O)Nc3ccc(Cl)cc32)[C@@H]2C(=O)N(Cc3ccc(F)cc3)C(=O)[C@H]12. The summed E-state index contributed by atoms with van der Waals surface area (Å²) in [6.45, 7) is 3.95. The number of rotatable bonds is 3. The molecule has 1 spiro atoms. The minimum atomic E-state index is -1.36. The van der Waals surface area contributed by atoms with E-state index in [1.165, 1.54) is 17.0 Å². The third kappa shape index (κ3) is 2.76. The molecule has 0 bridgehead atoms. The number of fused-ring (bicyclic) bond motifs is 4. The van der Waals surface area contributed by atoms with Gasteiger partial charge in [0.25, 0.3) is 0 Å². The van der Waals surface area contributed by atoms with E-state index >= 15 is 0 Å². The van der Waals surface area contributed by atoms with E-state index in [2.05, 4.69) is 10.6 Å². The van der Waals surface area contributed by atoms with Gasteiger partial charge in [-0.2, -0.15) is 0 Å². The molecule has 0 saturated carbocycles. The number of carbonyl (C=O) groups is 3. The van der Waals surface area contributed by atoms with Crippen molar-refractivity contribution in [3.63, 3.8) is 0 Å². The van der Waals surface area contributed by atoms with Crippen LogP contribution < -0.4 is 10.6 Å². The van der Waals surface area contributed by atoms with Gasteiger partial charge in [-0.1, -0.05) is 37.6 Å². The molecule has 3 amide bonds. The molecule has 3 aliphatic heterocycles. The molecule has 2 saturated heterocycles. The Kier molecular flexibility index (Phi) is 4.46. The minimum Gasteiger partial charge on any atom is -0.324 e. The lowest BCUT2D eigenvalue weighted by Crippen LogP contribution is -2.53. The Labute approximate surface area is 183 Å². The van der Waals surface area contributed by atoms with Gasteiger partial charge in [0.2, 0.25) is 17.7 Å². The van der Waals surface area contributed by atoms with Gasteiger partial charge in [-0.3, -0.25) is 24.6 Å². The Morgan fingerprint density at radius 3 is 2.48 bits per heavy atom. The molecule has 0 radical (unpaired) electrons. The lowest BCUT2D eigenvalue weighted by atomic mass is 9.76. The van der Waals surface area contributed by atoms with E-state index in [9.17, 15) is 18.8 Å². The maximum absolute atomic E-state index is 13.6. The summed E-state index contributed by atoms with van der Waals surface area (Å²) in [7, 11) is 0. The Morgan fingerprint density at radius 1 is 1.10 bits per heavy atom. The standard InChI is InChI=1S/C23H21ClFN3O3/c1-11(2)19-17-18(21(30)28(20(17)29)10-12-3-6-14(25)7-4-12)23(27-19)15-9-13(24)5-8-16(15)26-22(23)31/h3-9,11,17-19,27H,10H2,1-2H3,(H,26,31)/t17-,18-,19+,23+/m0/s1. The first-order valence-corrected chi connectivity index (χ1v) is 10.6. The molecular weight excluding hydrogens is 421 g/mol. The summed E-state index contributed by atoms with van der Waals surface area (Å²) in [6, 6.07) is 10.4. The molecule has 2 fully saturated rings. The quantitative estimate of drug-likeness (QED) is 0.717. The fraction of sp³-hybridized carbons (Fsp3) is 0.348. The molecule has 3 heterocycles. The van der Waals surface area contributed by atoms with E-state index in [1.807, 2.05) is 13.8 Å². The first-order chi connectivity index (χ1) is 14.7. The fourth-order valence-corrected chi connectivity index (χ4v) is 5.44. The van der Waals surface area contributed by atoms with Crippen molar-refractivity contribution < 1.29 is 18.8 Å². The summed E-state index contributed by atoms with van der Waals surface area (Å²) >= 11 is 6.23. The zero-order valence-electron chi connectivity index (χ0n) is 17.0. The van der Waals surface area contributed by atoms with Crippen LogP contribution >= 0.6 is 11.6 Å². The van der Waals surface area contributed by atoms with E-state index in [4.69, 9.17) is 11.6 Å². The summed E-state index contributed by atoms with van der Waals surface area (Å²) < 4.78 is 13.3. The van der Waals surface area contributed by atoms with E-state index in [1.54, 1.807) is 30.3 Å². The number of carbonyl (C=O) groups excluding carboxylic acids is 3. The second kappa shape index (κ2) is 6.87. The van der Waals surface area contributed by atoms with E-state index in [-0.39, 0.29) is 36.1 Å². The number of halogens is 2. The summed E-state index contributed by atoms with van der Waals surface area (Å²) in [5.41, 5.74) is 0.463. The highest BCUT2D eigenvalue weighted by Crippen LogP contribution is 2.54. The average molecular weight is 442 g/mol. The molecule has 2 aromatic rings. The molecule has 160 valence electrons. The van der Waals surface area contributed by atoms with Gasteiger partial charge in [-0.15, -0.1) is 0 Å². The lowest BCUT2D eigenvalue weighted by molar-refractivity contribution is -0.143. The van der Waals surface area contributed by atoms with Gasteiger partial charge >= 0.3 is 0 Å². The number of hydrogen-bond donors (Lipinski definition) is 2.